The highest BCUT2D eigenvalue weighted by Gasteiger charge is 2.12. The van der Waals surface area contributed by atoms with Crippen molar-refractivity contribution in [1.82, 2.24) is 0 Å². The van der Waals surface area contributed by atoms with E-state index in [1.165, 1.54) is 11.3 Å². The third-order valence-corrected chi connectivity index (χ3v) is 3.60. The molecule has 1 aromatic carbocycles. The van der Waals surface area contributed by atoms with Crippen molar-refractivity contribution in [2.24, 2.45) is 0 Å². The van der Waals surface area contributed by atoms with Crippen LogP contribution in [0, 0.1) is 0 Å². The fraction of sp³-hybridized carbons (Fsp3) is 0.154. The zero-order valence-electron chi connectivity index (χ0n) is 9.97. The van der Waals surface area contributed by atoms with Crippen LogP contribution in [0.4, 0.5) is 0 Å². The van der Waals surface area contributed by atoms with Gasteiger partial charge < -0.3 is 14.6 Å². The number of carboxylic acid groups (broad SMARTS) is 1. The van der Waals surface area contributed by atoms with Gasteiger partial charge in [0.05, 0.1) is 14.2 Å². The Hall–Kier alpha value is -2.01. The van der Waals surface area contributed by atoms with E-state index in [9.17, 15) is 4.79 Å². The Bertz CT molecular complexity index is 574. The van der Waals surface area contributed by atoms with E-state index in [1.807, 2.05) is 6.07 Å². The number of carbonyl (C=O) groups is 1. The summed E-state index contributed by atoms with van der Waals surface area (Å²) in [7, 11) is 3.17. The Kier molecular flexibility index (Phi) is 3.53. The Balaban J connectivity index is 2.50. The lowest BCUT2D eigenvalue weighted by atomic mass is 10.1. The molecule has 2 rings (SSSR count). The number of hydrogen-bond acceptors (Lipinski definition) is 4. The summed E-state index contributed by atoms with van der Waals surface area (Å²) in [5, 5.41) is 8.93. The van der Waals surface area contributed by atoms with Gasteiger partial charge in [0.1, 0.15) is 16.4 Å². The van der Waals surface area contributed by atoms with Crippen molar-refractivity contribution in [3.8, 4) is 21.9 Å². The average molecular weight is 264 g/mol. The van der Waals surface area contributed by atoms with E-state index in [0.717, 1.165) is 10.4 Å². The number of aromatic carboxylic acids is 1. The van der Waals surface area contributed by atoms with Gasteiger partial charge in [0, 0.05) is 10.4 Å². The highest BCUT2D eigenvalue weighted by Crippen LogP contribution is 2.37. The van der Waals surface area contributed by atoms with Crippen molar-refractivity contribution in [1.29, 1.82) is 0 Å². The van der Waals surface area contributed by atoms with Crippen molar-refractivity contribution in [2.75, 3.05) is 14.2 Å². The van der Waals surface area contributed by atoms with Gasteiger partial charge >= 0.3 is 5.97 Å². The van der Waals surface area contributed by atoms with Gasteiger partial charge in [0.2, 0.25) is 0 Å². The third-order valence-electron chi connectivity index (χ3n) is 2.49. The second kappa shape index (κ2) is 5.10. The minimum Gasteiger partial charge on any atom is -0.497 e. The molecule has 0 aliphatic heterocycles. The first kappa shape index (κ1) is 12.4. The van der Waals surface area contributed by atoms with Crippen LogP contribution in [-0.2, 0) is 0 Å². The maximum Gasteiger partial charge on any atom is 0.345 e. The van der Waals surface area contributed by atoms with E-state index < -0.39 is 5.97 Å². The van der Waals surface area contributed by atoms with Crippen LogP contribution in [0.5, 0.6) is 11.5 Å². The number of benzene rings is 1. The topological polar surface area (TPSA) is 55.8 Å². The molecule has 0 amide bonds. The van der Waals surface area contributed by atoms with Crippen LogP contribution >= 0.6 is 11.3 Å². The van der Waals surface area contributed by atoms with Crippen LogP contribution in [0.15, 0.2) is 30.3 Å². The number of rotatable bonds is 4. The van der Waals surface area contributed by atoms with Gasteiger partial charge in [-0.05, 0) is 30.3 Å². The summed E-state index contributed by atoms with van der Waals surface area (Å²) in [4.78, 5) is 12.0. The zero-order valence-corrected chi connectivity index (χ0v) is 10.8. The lowest BCUT2D eigenvalue weighted by Crippen LogP contribution is -1.90. The average Bonchev–Trinajstić information content (AvgIpc) is 2.87. The van der Waals surface area contributed by atoms with E-state index in [4.69, 9.17) is 14.6 Å². The van der Waals surface area contributed by atoms with E-state index in [1.54, 1.807) is 38.5 Å². The van der Waals surface area contributed by atoms with E-state index in [-0.39, 0.29) is 0 Å². The lowest BCUT2D eigenvalue weighted by Gasteiger charge is -2.08. The van der Waals surface area contributed by atoms with Gasteiger partial charge in [-0.2, -0.15) is 0 Å². The van der Waals surface area contributed by atoms with Crippen molar-refractivity contribution in [2.45, 2.75) is 0 Å². The van der Waals surface area contributed by atoms with Crippen LogP contribution in [-0.4, -0.2) is 25.3 Å². The molecule has 4 nitrogen and oxygen atoms in total. The summed E-state index contributed by atoms with van der Waals surface area (Å²) >= 11 is 1.21. The first-order chi connectivity index (χ1) is 8.65. The van der Waals surface area contributed by atoms with Gasteiger partial charge in [0.15, 0.2) is 0 Å². The first-order valence-corrected chi connectivity index (χ1v) is 6.03. The summed E-state index contributed by atoms with van der Waals surface area (Å²) in [5.41, 5.74) is 0.828. The van der Waals surface area contributed by atoms with E-state index in [2.05, 4.69) is 0 Å². The van der Waals surface area contributed by atoms with Gasteiger partial charge in [-0.1, -0.05) is 0 Å². The van der Waals surface area contributed by atoms with Crippen LogP contribution in [0.1, 0.15) is 9.67 Å². The molecule has 5 heteroatoms. The molecule has 1 heterocycles. The van der Waals surface area contributed by atoms with Crippen molar-refractivity contribution in [3.05, 3.63) is 35.2 Å². The number of carboxylic acids is 1. The molecule has 0 aliphatic carbocycles. The van der Waals surface area contributed by atoms with Crippen molar-refractivity contribution >= 4 is 17.3 Å². The second-order valence-electron chi connectivity index (χ2n) is 3.54. The molecular weight excluding hydrogens is 252 g/mol. The smallest absolute Gasteiger partial charge is 0.345 e. The van der Waals surface area contributed by atoms with Gasteiger partial charge in [-0.25, -0.2) is 4.79 Å². The van der Waals surface area contributed by atoms with Crippen LogP contribution < -0.4 is 9.47 Å². The molecule has 2 aromatic rings. The number of methoxy groups -OCH3 is 2. The Labute approximate surface area is 108 Å². The minimum atomic E-state index is -0.923. The molecule has 0 fully saturated rings. The molecule has 94 valence electrons. The molecule has 0 bridgehead atoms. The Morgan fingerprint density at radius 2 is 1.94 bits per heavy atom. The van der Waals surface area contributed by atoms with Crippen LogP contribution in [0.3, 0.4) is 0 Å². The molecule has 18 heavy (non-hydrogen) atoms. The summed E-state index contributed by atoms with van der Waals surface area (Å²) in [6.45, 7) is 0. The maximum atomic E-state index is 10.9. The van der Waals surface area contributed by atoms with Gasteiger partial charge in [-0.3, -0.25) is 0 Å². The monoisotopic (exact) mass is 264 g/mol. The number of hydrogen-bond donors (Lipinski definition) is 1. The van der Waals surface area contributed by atoms with Gasteiger partial charge in [-0.15, -0.1) is 11.3 Å². The highest BCUT2D eigenvalue weighted by molar-refractivity contribution is 7.17. The molecule has 1 N–H and O–H groups in total. The van der Waals surface area contributed by atoms with E-state index in [0.29, 0.717) is 16.4 Å². The quantitative estimate of drug-likeness (QED) is 0.921. The largest absolute Gasteiger partial charge is 0.497 e. The molecule has 0 radical (unpaired) electrons. The van der Waals surface area contributed by atoms with Gasteiger partial charge in [0.25, 0.3) is 0 Å². The highest BCUT2D eigenvalue weighted by atomic mass is 32.1. The molecule has 0 atom stereocenters. The van der Waals surface area contributed by atoms with Crippen LogP contribution in [0.2, 0.25) is 0 Å². The normalized spacial score (nSPS) is 10.1. The molecule has 0 saturated carbocycles. The Morgan fingerprint density at radius 1 is 1.17 bits per heavy atom. The molecule has 0 aliphatic rings. The number of thiophene rings is 1. The summed E-state index contributed by atoms with van der Waals surface area (Å²) < 4.78 is 10.4. The zero-order chi connectivity index (χ0) is 13.1. The molecule has 0 unspecified atom stereocenters. The molecule has 0 saturated heterocycles. The Morgan fingerprint density at radius 3 is 2.50 bits per heavy atom. The molecular formula is C13H12O4S. The summed E-state index contributed by atoms with van der Waals surface area (Å²) in [6.07, 6.45) is 0. The predicted molar refractivity (Wildman–Crippen MR) is 69.8 cm³/mol. The van der Waals surface area contributed by atoms with Crippen LogP contribution in [0.25, 0.3) is 10.4 Å². The summed E-state index contributed by atoms with van der Waals surface area (Å²) in [5.74, 6) is 0.471. The molecule has 0 spiro atoms. The fourth-order valence-electron chi connectivity index (χ4n) is 1.60. The predicted octanol–water partition coefficient (Wildman–Crippen LogP) is 3.13. The molecule has 1 aromatic heterocycles. The maximum absolute atomic E-state index is 10.9. The standard InChI is InChI=1S/C13H12O4S/c1-16-8-3-4-10(17-2)9(7-8)11-5-6-12(18-11)13(14)15/h3-7H,1-2H3,(H,14,15). The first-order valence-electron chi connectivity index (χ1n) is 5.21. The summed E-state index contributed by atoms with van der Waals surface area (Å²) in [6, 6.07) is 8.78. The fourth-order valence-corrected chi connectivity index (χ4v) is 2.47. The number of ether oxygens (including phenoxy) is 2. The second-order valence-corrected chi connectivity index (χ2v) is 4.62. The minimum absolute atomic E-state index is 0.301. The van der Waals surface area contributed by atoms with Crippen molar-refractivity contribution < 1.29 is 19.4 Å². The SMILES string of the molecule is COc1ccc(OC)c(-c2ccc(C(=O)O)s2)c1. The van der Waals surface area contributed by atoms with E-state index >= 15 is 0 Å². The van der Waals surface area contributed by atoms with Crippen molar-refractivity contribution in [3.63, 3.8) is 0 Å². The third kappa shape index (κ3) is 2.31. The lowest BCUT2D eigenvalue weighted by molar-refractivity contribution is 0.0702.